The topological polar surface area (TPSA) is 55.1 Å². The van der Waals surface area contributed by atoms with E-state index in [0.717, 1.165) is 44.9 Å². The number of rotatable bonds is 10. The molecule has 0 aromatic heterocycles. The van der Waals surface area contributed by atoms with Gasteiger partial charge in [-0.3, -0.25) is 4.79 Å². The second-order valence-corrected chi connectivity index (χ2v) is 5.78. The average Bonchev–Trinajstić information content (AvgIpc) is 2.44. The summed E-state index contributed by atoms with van der Waals surface area (Å²) >= 11 is 0. The second kappa shape index (κ2) is 8.57. The van der Waals surface area contributed by atoms with Gasteiger partial charge in [0.05, 0.1) is 5.41 Å². The van der Waals surface area contributed by atoms with Crippen LogP contribution in [0.2, 0.25) is 0 Å². The summed E-state index contributed by atoms with van der Waals surface area (Å²) in [6, 6.07) is 0. The second-order valence-electron chi connectivity index (χ2n) is 5.78. The summed E-state index contributed by atoms with van der Waals surface area (Å²) in [6.45, 7) is 11.2. The van der Waals surface area contributed by atoms with Gasteiger partial charge in [0.2, 0.25) is 5.91 Å². The highest BCUT2D eigenvalue weighted by Gasteiger charge is 2.38. The predicted molar refractivity (Wildman–Crippen MR) is 83.1 cm³/mol. The van der Waals surface area contributed by atoms with E-state index in [1.54, 1.807) is 0 Å². The van der Waals surface area contributed by atoms with E-state index in [0.29, 0.717) is 6.54 Å². The fourth-order valence-corrected chi connectivity index (χ4v) is 2.99. The normalized spacial score (nSPS) is 12.5. The summed E-state index contributed by atoms with van der Waals surface area (Å²) in [5.74, 6) is 0.171. The van der Waals surface area contributed by atoms with E-state index < -0.39 is 0 Å². The molecule has 0 aliphatic heterocycles. The summed E-state index contributed by atoms with van der Waals surface area (Å²) in [4.78, 5) is 12.8. The van der Waals surface area contributed by atoms with E-state index in [4.69, 9.17) is 5.73 Å². The molecule has 0 rings (SSSR count). The van der Waals surface area contributed by atoms with E-state index in [2.05, 4.69) is 39.9 Å². The largest absolute Gasteiger partial charge is 0.350 e. The molecule has 19 heavy (non-hydrogen) atoms. The van der Waals surface area contributed by atoms with Crippen molar-refractivity contribution in [2.45, 2.75) is 85.1 Å². The van der Waals surface area contributed by atoms with Gasteiger partial charge in [-0.2, -0.15) is 0 Å². The molecule has 0 bridgehead atoms. The molecule has 0 aliphatic carbocycles. The van der Waals surface area contributed by atoms with Gasteiger partial charge in [0.1, 0.15) is 0 Å². The van der Waals surface area contributed by atoms with Crippen LogP contribution in [-0.2, 0) is 4.79 Å². The van der Waals surface area contributed by atoms with Gasteiger partial charge in [-0.1, -0.05) is 47.5 Å². The van der Waals surface area contributed by atoms with Gasteiger partial charge in [0.15, 0.2) is 0 Å². The van der Waals surface area contributed by atoms with E-state index >= 15 is 0 Å². The van der Waals surface area contributed by atoms with Gasteiger partial charge in [-0.15, -0.1) is 0 Å². The SMILES string of the molecule is CCCC(CN)(CCC)C(=O)NC(CC)(CC)CC. The molecule has 0 saturated carbocycles. The quantitative estimate of drug-likeness (QED) is 0.637. The highest BCUT2D eigenvalue weighted by Crippen LogP contribution is 2.31. The Bertz CT molecular complexity index is 245. The number of hydrogen-bond acceptors (Lipinski definition) is 2. The standard InChI is InChI=1S/C16H34N2O/c1-6-11-15(13-17,12-7-2)14(19)18-16(8-3,9-4)10-5/h6-13,17H2,1-5H3,(H,18,19). The molecule has 0 saturated heterocycles. The van der Waals surface area contributed by atoms with Gasteiger partial charge >= 0.3 is 0 Å². The summed E-state index contributed by atoms with van der Waals surface area (Å²) in [5.41, 5.74) is 5.54. The molecule has 0 radical (unpaired) electrons. The molecule has 0 spiro atoms. The minimum atomic E-state index is -0.367. The molecule has 0 unspecified atom stereocenters. The van der Waals surface area contributed by atoms with Gasteiger partial charge in [-0.05, 0) is 32.1 Å². The summed E-state index contributed by atoms with van der Waals surface area (Å²) in [5, 5.41) is 3.32. The smallest absolute Gasteiger partial charge is 0.227 e. The van der Waals surface area contributed by atoms with Crippen molar-refractivity contribution in [3.05, 3.63) is 0 Å². The van der Waals surface area contributed by atoms with E-state index in [1.807, 2.05) is 0 Å². The molecule has 3 heteroatoms. The van der Waals surface area contributed by atoms with E-state index in [1.165, 1.54) is 0 Å². The van der Waals surface area contributed by atoms with E-state index in [-0.39, 0.29) is 16.9 Å². The molecule has 0 atom stereocenters. The molecule has 0 aromatic carbocycles. The van der Waals surface area contributed by atoms with Crippen molar-refractivity contribution in [2.75, 3.05) is 6.54 Å². The van der Waals surface area contributed by atoms with Crippen LogP contribution in [0.5, 0.6) is 0 Å². The first-order valence-corrected chi connectivity index (χ1v) is 8.02. The van der Waals surface area contributed by atoms with Crippen LogP contribution < -0.4 is 11.1 Å². The van der Waals surface area contributed by atoms with Gasteiger partial charge < -0.3 is 11.1 Å². The summed E-state index contributed by atoms with van der Waals surface area (Å²) in [7, 11) is 0. The zero-order valence-corrected chi connectivity index (χ0v) is 13.6. The van der Waals surface area contributed by atoms with Crippen molar-refractivity contribution in [3.63, 3.8) is 0 Å². The first kappa shape index (κ1) is 18.4. The van der Waals surface area contributed by atoms with Crippen LogP contribution in [0.1, 0.15) is 79.6 Å². The first-order chi connectivity index (χ1) is 8.99. The Kier molecular flexibility index (Phi) is 8.31. The molecule has 3 nitrogen and oxygen atoms in total. The monoisotopic (exact) mass is 270 g/mol. The third-order valence-electron chi connectivity index (χ3n) is 4.74. The zero-order chi connectivity index (χ0) is 14.9. The lowest BCUT2D eigenvalue weighted by molar-refractivity contribution is -0.133. The number of carbonyl (C=O) groups is 1. The number of amides is 1. The Labute approximate surface area is 119 Å². The maximum Gasteiger partial charge on any atom is 0.227 e. The zero-order valence-electron chi connectivity index (χ0n) is 13.6. The molecule has 114 valence electrons. The number of carbonyl (C=O) groups excluding carboxylic acids is 1. The predicted octanol–water partition coefficient (Wildman–Crippen LogP) is 3.62. The van der Waals surface area contributed by atoms with Crippen LogP contribution >= 0.6 is 0 Å². The van der Waals surface area contributed by atoms with Crippen LogP contribution in [-0.4, -0.2) is 18.0 Å². The number of hydrogen-bond donors (Lipinski definition) is 2. The fourth-order valence-electron chi connectivity index (χ4n) is 2.99. The number of nitrogens with two attached hydrogens (primary N) is 1. The minimum Gasteiger partial charge on any atom is -0.350 e. The Balaban J connectivity index is 5.08. The maximum absolute atomic E-state index is 12.8. The minimum absolute atomic E-state index is 0.0566. The van der Waals surface area contributed by atoms with Crippen molar-refractivity contribution in [2.24, 2.45) is 11.1 Å². The van der Waals surface area contributed by atoms with Gasteiger partial charge in [-0.25, -0.2) is 0 Å². The van der Waals surface area contributed by atoms with Crippen molar-refractivity contribution in [1.82, 2.24) is 5.32 Å². The van der Waals surface area contributed by atoms with Gasteiger partial charge in [0, 0.05) is 12.1 Å². The lowest BCUT2D eigenvalue weighted by Gasteiger charge is -2.38. The van der Waals surface area contributed by atoms with Gasteiger partial charge in [0.25, 0.3) is 0 Å². The van der Waals surface area contributed by atoms with Crippen LogP contribution in [0.25, 0.3) is 0 Å². The fraction of sp³-hybridized carbons (Fsp3) is 0.938. The van der Waals surface area contributed by atoms with Crippen molar-refractivity contribution >= 4 is 5.91 Å². The summed E-state index contributed by atoms with van der Waals surface area (Å²) < 4.78 is 0. The van der Waals surface area contributed by atoms with Crippen LogP contribution in [0, 0.1) is 5.41 Å². The molecular weight excluding hydrogens is 236 g/mol. The van der Waals surface area contributed by atoms with E-state index in [9.17, 15) is 4.79 Å². The third-order valence-corrected chi connectivity index (χ3v) is 4.74. The third kappa shape index (κ3) is 4.48. The highest BCUT2D eigenvalue weighted by molar-refractivity contribution is 5.83. The molecule has 0 heterocycles. The molecule has 3 N–H and O–H groups in total. The lowest BCUT2D eigenvalue weighted by Crippen LogP contribution is -2.55. The summed E-state index contributed by atoms with van der Waals surface area (Å²) in [6.07, 6.45) is 6.71. The molecular formula is C16H34N2O. The highest BCUT2D eigenvalue weighted by atomic mass is 16.2. The number of nitrogens with one attached hydrogen (secondary N) is 1. The Morgan fingerprint density at radius 1 is 0.947 bits per heavy atom. The average molecular weight is 270 g/mol. The van der Waals surface area contributed by atoms with Crippen molar-refractivity contribution in [1.29, 1.82) is 0 Å². The first-order valence-electron chi connectivity index (χ1n) is 8.02. The Hall–Kier alpha value is -0.570. The molecule has 0 aliphatic rings. The van der Waals surface area contributed by atoms with Crippen molar-refractivity contribution < 1.29 is 4.79 Å². The van der Waals surface area contributed by atoms with Crippen molar-refractivity contribution in [3.8, 4) is 0 Å². The lowest BCUT2D eigenvalue weighted by atomic mass is 9.77. The van der Waals surface area contributed by atoms with Crippen LogP contribution in [0.15, 0.2) is 0 Å². The Morgan fingerprint density at radius 2 is 1.37 bits per heavy atom. The Morgan fingerprint density at radius 3 is 1.63 bits per heavy atom. The molecule has 1 amide bonds. The maximum atomic E-state index is 12.8. The molecule has 0 fully saturated rings. The van der Waals surface area contributed by atoms with Crippen LogP contribution in [0.3, 0.4) is 0 Å². The van der Waals surface area contributed by atoms with Crippen LogP contribution in [0.4, 0.5) is 0 Å². The molecule has 0 aromatic rings.